The summed E-state index contributed by atoms with van der Waals surface area (Å²) in [6, 6.07) is 10.2. The van der Waals surface area contributed by atoms with Gasteiger partial charge in [-0.3, -0.25) is 14.1 Å². The van der Waals surface area contributed by atoms with Crippen LogP contribution < -0.4 is 9.05 Å². The minimum absolute atomic E-state index is 0. The lowest BCUT2D eigenvalue weighted by molar-refractivity contribution is -0.265. The van der Waals surface area contributed by atoms with Crippen molar-refractivity contribution in [2.45, 2.75) is 88.0 Å². The van der Waals surface area contributed by atoms with E-state index in [-0.39, 0.29) is 25.0 Å². The SMILES string of the molecule is C=C(C)c1ccc(C)cc1-c1c(OP(C)OCOC(=O)C(C)(C)C)cc(CCCCC)cc1O[P+](C)(C)OOCOC(=O)C(C)(C)C.O. The summed E-state index contributed by atoms with van der Waals surface area (Å²) in [7, 11) is -4.20. The van der Waals surface area contributed by atoms with Gasteiger partial charge in [-0.1, -0.05) is 55.7 Å². The van der Waals surface area contributed by atoms with Crippen LogP contribution in [0.5, 0.6) is 11.5 Å². The maximum Gasteiger partial charge on any atom is 0.355 e. The number of carbonyl (C=O) groups is 2. The second kappa shape index (κ2) is 19.0. The van der Waals surface area contributed by atoms with E-state index in [0.29, 0.717) is 17.1 Å². The van der Waals surface area contributed by atoms with Crippen LogP contribution in [0.15, 0.2) is 36.9 Å². The molecule has 0 aliphatic rings. The molecular formula is C36H57O10P2+. The van der Waals surface area contributed by atoms with Gasteiger partial charge < -0.3 is 24.0 Å². The molecule has 1 unspecified atom stereocenters. The second-order valence-corrected chi connectivity index (χ2v) is 18.2. The van der Waals surface area contributed by atoms with Crippen molar-refractivity contribution in [2.24, 2.45) is 10.8 Å². The minimum atomic E-state index is -2.69. The summed E-state index contributed by atoms with van der Waals surface area (Å²) < 4.78 is 35.3. The van der Waals surface area contributed by atoms with Crippen molar-refractivity contribution in [1.82, 2.24) is 0 Å². The summed E-state index contributed by atoms with van der Waals surface area (Å²) >= 11 is 0. The normalized spacial score (nSPS) is 12.5. The van der Waals surface area contributed by atoms with Crippen molar-refractivity contribution >= 4 is 33.6 Å². The number of aryl methyl sites for hydroxylation is 2. The predicted molar refractivity (Wildman–Crippen MR) is 195 cm³/mol. The van der Waals surface area contributed by atoms with E-state index in [0.717, 1.165) is 53.5 Å². The van der Waals surface area contributed by atoms with E-state index in [1.807, 2.05) is 58.1 Å². The number of ether oxygens (including phenoxy) is 2. The van der Waals surface area contributed by atoms with Gasteiger partial charge in [0.15, 0.2) is 12.5 Å². The molecule has 2 aromatic rings. The zero-order chi connectivity index (χ0) is 35.6. The van der Waals surface area contributed by atoms with E-state index in [9.17, 15) is 9.59 Å². The van der Waals surface area contributed by atoms with Crippen LogP contribution in [-0.2, 0) is 39.6 Å². The zero-order valence-corrected chi connectivity index (χ0v) is 32.7. The van der Waals surface area contributed by atoms with Crippen molar-refractivity contribution < 1.29 is 47.7 Å². The number of allylic oxidation sites excluding steroid dienone is 1. The Bertz CT molecular complexity index is 1380. The summed E-state index contributed by atoms with van der Waals surface area (Å²) in [5, 5.41) is 0. The van der Waals surface area contributed by atoms with Gasteiger partial charge in [0.05, 0.1) is 16.4 Å². The fourth-order valence-electron chi connectivity index (χ4n) is 4.24. The summed E-state index contributed by atoms with van der Waals surface area (Å²) in [6.45, 7) is 25.9. The van der Waals surface area contributed by atoms with E-state index in [4.69, 9.17) is 32.6 Å². The highest BCUT2D eigenvalue weighted by Crippen LogP contribution is 2.57. The molecule has 1 atom stereocenters. The van der Waals surface area contributed by atoms with Gasteiger partial charge in [-0.05, 0) is 102 Å². The highest BCUT2D eigenvalue weighted by atomic mass is 31.2. The Kier molecular flexibility index (Phi) is 17.2. The number of carbonyl (C=O) groups excluding carboxylic acids is 2. The Labute approximate surface area is 289 Å². The quantitative estimate of drug-likeness (QED) is 0.0393. The molecule has 270 valence electrons. The molecule has 0 aliphatic heterocycles. The number of hydrogen-bond acceptors (Lipinski definition) is 9. The maximum absolute atomic E-state index is 12.3. The second-order valence-electron chi connectivity index (χ2n) is 14.0. The highest BCUT2D eigenvalue weighted by molar-refractivity contribution is 7.65. The highest BCUT2D eigenvalue weighted by Gasteiger charge is 2.36. The first-order valence-corrected chi connectivity index (χ1v) is 20.1. The lowest BCUT2D eigenvalue weighted by Crippen LogP contribution is -2.24. The van der Waals surface area contributed by atoms with Gasteiger partial charge in [0.1, 0.15) is 19.1 Å². The summed E-state index contributed by atoms with van der Waals surface area (Å²) in [4.78, 5) is 29.8. The van der Waals surface area contributed by atoms with Crippen LogP contribution in [0.3, 0.4) is 0 Å². The number of rotatable bonds is 17. The lowest BCUT2D eigenvalue weighted by Gasteiger charge is -2.24. The van der Waals surface area contributed by atoms with Crippen LogP contribution in [0.4, 0.5) is 0 Å². The van der Waals surface area contributed by atoms with Crippen LogP contribution in [0.25, 0.3) is 16.7 Å². The third-order valence-corrected chi connectivity index (χ3v) is 8.79. The summed E-state index contributed by atoms with van der Waals surface area (Å²) in [5.74, 6) is 0.360. The fraction of sp³-hybridized carbons (Fsp3) is 0.556. The largest absolute Gasteiger partial charge is 0.447 e. The van der Waals surface area contributed by atoms with Crippen molar-refractivity contribution in [1.29, 1.82) is 0 Å². The van der Waals surface area contributed by atoms with Crippen LogP contribution in [0.2, 0.25) is 0 Å². The third-order valence-electron chi connectivity index (χ3n) is 6.76. The van der Waals surface area contributed by atoms with E-state index >= 15 is 0 Å². The molecule has 0 bridgehead atoms. The van der Waals surface area contributed by atoms with E-state index < -0.39 is 32.9 Å². The van der Waals surface area contributed by atoms with Gasteiger partial charge in [-0.2, -0.15) is 4.89 Å². The Morgan fingerprint density at radius 2 is 1.48 bits per heavy atom. The monoisotopic (exact) mass is 711 g/mol. The smallest absolute Gasteiger partial charge is 0.355 e. The van der Waals surface area contributed by atoms with Crippen molar-refractivity contribution in [3.8, 4) is 22.6 Å². The molecule has 0 radical (unpaired) electrons. The lowest BCUT2D eigenvalue weighted by atomic mass is 9.91. The van der Waals surface area contributed by atoms with Crippen LogP contribution in [0.1, 0.15) is 91.3 Å². The molecular weight excluding hydrogens is 654 g/mol. The standard InChI is InChI=1S/C36H55O9P2.H2O/c1-14-15-16-17-27-21-30(43-46(11)42-24-40-34(38)36(8,9)10)32(29-20-26(4)18-19-28(29)25(2)3)31(22-27)44-47(12,13)45-41-23-39-33(37)35(5,6)7;/h18-22H,2,14-17,23-24H2,1,3-13H3;1H2/q+1;. The first-order chi connectivity index (χ1) is 21.7. The van der Waals surface area contributed by atoms with Gasteiger partial charge in [0.25, 0.3) is 0 Å². The molecule has 0 saturated carbocycles. The van der Waals surface area contributed by atoms with Crippen molar-refractivity contribution in [3.05, 3.63) is 53.6 Å². The first-order valence-electron chi connectivity index (χ1n) is 15.9. The molecule has 12 heteroatoms. The summed E-state index contributed by atoms with van der Waals surface area (Å²) in [6.07, 6.45) is 3.97. The molecule has 2 rings (SSSR count). The molecule has 10 nitrogen and oxygen atoms in total. The van der Waals surface area contributed by atoms with Gasteiger partial charge in [-0.15, -0.1) is 0 Å². The van der Waals surface area contributed by atoms with E-state index in [1.54, 1.807) is 41.5 Å². The molecule has 48 heavy (non-hydrogen) atoms. The maximum atomic E-state index is 12.3. The minimum Gasteiger partial charge on any atom is -0.447 e. The molecule has 2 aromatic carbocycles. The predicted octanol–water partition coefficient (Wildman–Crippen LogP) is 9.47. The van der Waals surface area contributed by atoms with E-state index in [1.165, 1.54) is 0 Å². The molecule has 0 aromatic heterocycles. The van der Waals surface area contributed by atoms with Gasteiger partial charge in [-0.25, -0.2) is 0 Å². The Morgan fingerprint density at radius 1 is 0.896 bits per heavy atom. The molecule has 0 fully saturated rings. The Balaban J connectivity index is 0.0000115. The van der Waals surface area contributed by atoms with Crippen molar-refractivity contribution in [2.75, 3.05) is 33.6 Å². The Morgan fingerprint density at radius 3 is 2.04 bits per heavy atom. The molecule has 0 amide bonds. The van der Waals surface area contributed by atoms with Gasteiger partial charge in [0.2, 0.25) is 15.2 Å². The van der Waals surface area contributed by atoms with Crippen LogP contribution in [0, 0.1) is 17.8 Å². The average Bonchev–Trinajstić information content (AvgIpc) is 2.93. The molecule has 0 heterocycles. The van der Waals surface area contributed by atoms with Crippen molar-refractivity contribution in [3.63, 3.8) is 0 Å². The molecule has 2 N–H and O–H groups in total. The average molecular weight is 712 g/mol. The number of esters is 2. The Hall–Kier alpha value is -2.58. The molecule has 0 spiro atoms. The van der Waals surface area contributed by atoms with Crippen LogP contribution >= 0.6 is 16.1 Å². The number of benzene rings is 2. The number of hydrogen-bond donors (Lipinski definition) is 0. The molecule has 0 aliphatic carbocycles. The van der Waals surface area contributed by atoms with E-state index in [2.05, 4.69) is 19.6 Å². The van der Waals surface area contributed by atoms with Crippen LogP contribution in [-0.4, -0.2) is 51.0 Å². The third kappa shape index (κ3) is 14.1. The summed E-state index contributed by atoms with van der Waals surface area (Å²) in [5.41, 5.74) is 4.17. The van der Waals surface area contributed by atoms with Gasteiger partial charge >= 0.3 is 19.7 Å². The number of unbranched alkanes of at least 4 members (excludes halogenated alkanes) is 2. The first kappa shape index (κ1) is 43.4. The molecule has 0 saturated heterocycles. The fourth-order valence-corrected chi connectivity index (χ4v) is 5.86. The zero-order valence-electron chi connectivity index (χ0n) is 30.9. The topological polar surface area (TPSA) is 130 Å². The van der Waals surface area contributed by atoms with Gasteiger partial charge in [0, 0.05) is 6.66 Å².